The molecule has 3 aromatic rings. The summed E-state index contributed by atoms with van der Waals surface area (Å²) in [7, 11) is 0. The van der Waals surface area contributed by atoms with Gasteiger partial charge in [0.05, 0.1) is 11.6 Å². The summed E-state index contributed by atoms with van der Waals surface area (Å²) < 4.78 is 6.44. The van der Waals surface area contributed by atoms with Crippen LogP contribution in [0, 0.1) is 31.6 Å². The van der Waals surface area contributed by atoms with E-state index in [1.165, 1.54) is 6.42 Å². The Balaban J connectivity index is 1.17. The van der Waals surface area contributed by atoms with Gasteiger partial charge >= 0.3 is 5.97 Å². The number of aromatic nitrogens is 1. The third-order valence-corrected chi connectivity index (χ3v) is 9.88. The fourth-order valence-electron chi connectivity index (χ4n) is 6.78. The van der Waals surface area contributed by atoms with Crippen molar-refractivity contribution in [2.75, 3.05) is 31.1 Å². The molecule has 1 N–H and O–H groups in total. The van der Waals surface area contributed by atoms with Gasteiger partial charge in [-0.25, -0.2) is 4.98 Å². The van der Waals surface area contributed by atoms with Crippen molar-refractivity contribution in [3.63, 3.8) is 0 Å². The monoisotopic (exact) mass is 559 g/mol. The fourth-order valence-corrected chi connectivity index (χ4v) is 7.63. The lowest BCUT2D eigenvalue weighted by Crippen LogP contribution is -2.44. The van der Waals surface area contributed by atoms with Crippen molar-refractivity contribution in [1.82, 2.24) is 9.88 Å². The number of para-hydroxylation sites is 1. The smallest absolute Gasteiger partial charge is 0.307 e. The summed E-state index contributed by atoms with van der Waals surface area (Å²) in [6, 6.07) is 12.1. The highest BCUT2D eigenvalue weighted by atomic mass is 32.1. The average Bonchev–Trinajstić information content (AvgIpc) is 3.55. The number of carboxylic acid groups (broad SMARTS) is 1. The molecule has 1 saturated carbocycles. The Hall–Kier alpha value is -3.39. The molecule has 6 rings (SSSR count). The summed E-state index contributed by atoms with van der Waals surface area (Å²) in [5.74, 6) is 0.477. The zero-order valence-corrected chi connectivity index (χ0v) is 24.1. The zero-order valence-electron chi connectivity index (χ0n) is 23.3. The highest BCUT2D eigenvalue weighted by Crippen LogP contribution is 2.44. The van der Waals surface area contributed by atoms with Gasteiger partial charge in [-0.2, -0.15) is 0 Å². The van der Waals surface area contributed by atoms with Crippen LogP contribution >= 0.6 is 11.3 Å². The number of piperidine rings is 2. The van der Waals surface area contributed by atoms with E-state index in [1.807, 2.05) is 49.1 Å². The van der Waals surface area contributed by atoms with Crippen LogP contribution in [0.2, 0.25) is 0 Å². The first kappa shape index (κ1) is 26.8. The molecular formula is C32H37N3O4S. The molecule has 3 aliphatic rings. The number of thiazole rings is 1. The molecule has 1 amide bonds. The second-order valence-corrected chi connectivity index (χ2v) is 12.5. The number of fused-ring (bicyclic) bond motifs is 2. The number of aryl methyl sites for hydroxylation is 2. The van der Waals surface area contributed by atoms with Gasteiger partial charge in [-0.05, 0) is 92.7 Å². The maximum atomic E-state index is 12.9. The first-order valence-corrected chi connectivity index (χ1v) is 15.3. The molecule has 2 saturated heterocycles. The Kier molecular flexibility index (Phi) is 7.53. The second-order valence-electron chi connectivity index (χ2n) is 11.6. The Morgan fingerprint density at radius 3 is 2.48 bits per heavy atom. The van der Waals surface area contributed by atoms with E-state index in [-0.39, 0.29) is 23.7 Å². The Morgan fingerprint density at radius 2 is 1.77 bits per heavy atom. The van der Waals surface area contributed by atoms with Crippen molar-refractivity contribution in [2.24, 2.45) is 17.8 Å². The molecule has 3 atom stereocenters. The molecule has 0 spiro atoms. The van der Waals surface area contributed by atoms with Gasteiger partial charge in [-0.1, -0.05) is 18.2 Å². The lowest BCUT2D eigenvalue weighted by Gasteiger charge is -2.35. The van der Waals surface area contributed by atoms with Crippen molar-refractivity contribution in [1.29, 1.82) is 0 Å². The number of benzene rings is 2. The summed E-state index contributed by atoms with van der Waals surface area (Å²) in [6.45, 7) is 7.70. The van der Waals surface area contributed by atoms with Crippen molar-refractivity contribution >= 4 is 28.3 Å². The number of ether oxygens (including phenoxy) is 1. The number of nitrogens with zero attached hydrogens (tertiary/aromatic N) is 3. The molecule has 210 valence electrons. The minimum absolute atomic E-state index is 0.121. The van der Waals surface area contributed by atoms with E-state index in [9.17, 15) is 14.7 Å². The molecule has 2 aromatic carbocycles. The molecule has 8 heteroatoms. The van der Waals surface area contributed by atoms with Crippen molar-refractivity contribution in [3.05, 3.63) is 64.0 Å². The molecule has 3 fully saturated rings. The number of carboxylic acids is 1. The number of carbonyl (C=O) groups is 2. The van der Waals surface area contributed by atoms with Crippen LogP contribution in [0.1, 0.15) is 59.2 Å². The van der Waals surface area contributed by atoms with Gasteiger partial charge in [0.15, 0.2) is 5.13 Å². The SMILES string of the molecule is Cc1cc(C(=O)N2CCCCC2)ccc1COc1c(C)cccc1-c1csc(N2CC3CC[C@H](C2)C3C(=O)O)n1. The Labute approximate surface area is 239 Å². The lowest BCUT2D eigenvalue weighted by molar-refractivity contribution is -0.144. The van der Waals surface area contributed by atoms with Gasteiger partial charge in [-0.15, -0.1) is 11.3 Å². The van der Waals surface area contributed by atoms with Crippen molar-refractivity contribution < 1.29 is 19.4 Å². The van der Waals surface area contributed by atoms with E-state index in [0.717, 1.165) is 96.3 Å². The molecule has 7 nitrogen and oxygen atoms in total. The normalized spacial score (nSPS) is 22.4. The summed E-state index contributed by atoms with van der Waals surface area (Å²) in [5, 5.41) is 12.7. The summed E-state index contributed by atoms with van der Waals surface area (Å²) >= 11 is 1.62. The molecule has 1 aliphatic carbocycles. The highest BCUT2D eigenvalue weighted by Gasteiger charge is 2.46. The number of anilines is 1. The molecule has 2 aliphatic heterocycles. The number of aliphatic carboxylic acids is 1. The first-order chi connectivity index (χ1) is 19.4. The van der Waals surface area contributed by atoms with E-state index in [0.29, 0.717) is 6.61 Å². The maximum Gasteiger partial charge on any atom is 0.307 e. The van der Waals surface area contributed by atoms with Crippen LogP contribution < -0.4 is 9.64 Å². The molecule has 2 bridgehead atoms. The average molecular weight is 560 g/mol. The van der Waals surface area contributed by atoms with Gasteiger partial charge < -0.3 is 19.6 Å². The number of carbonyl (C=O) groups excluding carboxylic acids is 1. The molecule has 40 heavy (non-hydrogen) atoms. The summed E-state index contributed by atoms with van der Waals surface area (Å²) in [4.78, 5) is 33.9. The quantitative estimate of drug-likeness (QED) is 0.372. The number of hydrogen-bond donors (Lipinski definition) is 1. The van der Waals surface area contributed by atoms with Gasteiger partial charge in [0.2, 0.25) is 0 Å². The Bertz CT molecular complexity index is 1400. The second kappa shape index (κ2) is 11.2. The molecule has 2 unspecified atom stereocenters. The first-order valence-electron chi connectivity index (χ1n) is 14.4. The third-order valence-electron chi connectivity index (χ3n) is 8.97. The summed E-state index contributed by atoms with van der Waals surface area (Å²) in [6.07, 6.45) is 5.34. The van der Waals surface area contributed by atoms with Crippen molar-refractivity contribution in [3.8, 4) is 17.0 Å². The van der Waals surface area contributed by atoms with Crippen LogP contribution in [0.4, 0.5) is 5.13 Å². The van der Waals surface area contributed by atoms with E-state index >= 15 is 0 Å². The third kappa shape index (κ3) is 5.21. The van der Waals surface area contributed by atoms with Gasteiger partial charge in [0.25, 0.3) is 5.91 Å². The van der Waals surface area contributed by atoms with Crippen LogP contribution in [0.5, 0.6) is 5.75 Å². The van der Waals surface area contributed by atoms with Gasteiger partial charge in [-0.3, -0.25) is 9.59 Å². The molecule has 3 heterocycles. The minimum atomic E-state index is -0.646. The standard InChI is InChI=1S/C32H37N3O4S/c1-20-7-6-8-26(27-19-40-32(33-27)35-16-23-10-11-24(17-35)28(23)31(37)38)29(20)39-18-25-12-9-22(15-21(25)2)30(36)34-13-4-3-5-14-34/h6-9,12,15,19,23-24,28H,3-5,10-11,13-14,16-18H2,1-2H3,(H,37,38)/t23-,24?,28?/m1/s1. The van der Waals surface area contributed by atoms with Crippen molar-refractivity contribution in [2.45, 2.75) is 52.6 Å². The molecule has 0 radical (unpaired) electrons. The Morgan fingerprint density at radius 1 is 1.02 bits per heavy atom. The van der Waals surface area contributed by atoms with Crippen LogP contribution in [0.3, 0.4) is 0 Å². The largest absolute Gasteiger partial charge is 0.488 e. The molecular weight excluding hydrogens is 522 g/mol. The van der Waals surface area contributed by atoms with Gasteiger partial charge in [0, 0.05) is 42.7 Å². The summed E-state index contributed by atoms with van der Waals surface area (Å²) in [5.41, 5.74) is 5.73. The van der Waals surface area contributed by atoms with Crippen LogP contribution in [0.25, 0.3) is 11.3 Å². The zero-order chi connectivity index (χ0) is 27.8. The van der Waals surface area contributed by atoms with Crippen LogP contribution in [-0.4, -0.2) is 53.0 Å². The predicted molar refractivity (Wildman–Crippen MR) is 157 cm³/mol. The van der Waals surface area contributed by atoms with Crippen LogP contribution in [0.15, 0.2) is 41.8 Å². The predicted octanol–water partition coefficient (Wildman–Crippen LogP) is 6.18. The number of hydrogen-bond acceptors (Lipinski definition) is 6. The topological polar surface area (TPSA) is 83.0 Å². The van der Waals surface area contributed by atoms with Crippen LogP contribution in [-0.2, 0) is 11.4 Å². The van der Waals surface area contributed by atoms with E-state index < -0.39 is 5.97 Å². The fraction of sp³-hybridized carbons (Fsp3) is 0.469. The van der Waals surface area contributed by atoms with E-state index in [2.05, 4.69) is 16.3 Å². The minimum Gasteiger partial charge on any atom is -0.488 e. The van der Waals surface area contributed by atoms with Gasteiger partial charge in [0.1, 0.15) is 12.4 Å². The maximum absolute atomic E-state index is 12.9. The molecule has 1 aromatic heterocycles. The van der Waals surface area contributed by atoms with E-state index in [1.54, 1.807) is 11.3 Å². The lowest BCUT2D eigenvalue weighted by atomic mass is 9.85. The number of amides is 1. The van der Waals surface area contributed by atoms with E-state index in [4.69, 9.17) is 9.72 Å². The number of rotatable bonds is 7. The number of likely N-dealkylation sites (tertiary alicyclic amines) is 1. The highest BCUT2D eigenvalue weighted by molar-refractivity contribution is 7.14.